The Kier molecular flexibility index (Phi) is 6.94. The first kappa shape index (κ1) is 18.6. The molecule has 0 aromatic heterocycles. The summed E-state index contributed by atoms with van der Waals surface area (Å²) in [5, 5.41) is 3.26. The van der Waals surface area contributed by atoms with Crippen molar-refractivity contribution in [2.45, 2.75) is 26.5 Å². The van der Waals surface area contributed by atoms with E-state index in [0.29, 0.717) is 17.3 Å². The third-order valence-corrected chi connectivity index (χ3v) is 3.80. The van der Waals surface area contributed by atoms with Crippen LogP contribution >= 0.6 is 27.5 Å². The van der Waals surface area contributed by atoms with Crippen LogP contribution in [0.5, 0.6) is 11.5 Å². The molecule has 1 amide bonds. The van der Waals surface area contributed by atoms with E-state index in [4.69, 9.17) is 21.1 Å². The van der Waals surface area contributed by atoms with Gasteiger partial charge in [-0.05, 0) is 49.7 Å². The molecule has 0 spiro atoms. The average molecular weight is 413 g/mol. The van der Waals surface area contributed by atoms with Crippen molar-refractivity contribution in [1.29, 1.82) is 0 Å². The van der Waals surface area contributed by atoms with Crippen LogP contribution in [-0.4, -0.2) is 18.6 Å². The molecule has 0 aliphatic carbocycles. The summed E-state index contributed by atoms with van der Waals surface area (Å²) in [5.41, 5.74) is 0.961. The van der Waals surface area contributed by atoms with E-state index in [-0.39, 0.29) is 18.6 Å². The lowest BCUT2D eigenvalue weighted by molar-refractivity contribution is -0.123. The fourth-order valence-electron chi connectivity index (χ4n) is 1.99. The Morgan fingerprint density at radius 2 is 2.04 bits per heavy atom. The van der Waals surface area contributed by atoms with Gasteiger partial charge >= 0.3 is 0 Å². The Labute approximate surface area is 155 Å². The summed E-state index contributed by atoms with van der Waals surface area (Å²) in [7, 11) is 0. The van der Waals surface area contributed by atoms with Gasteiger partial charge in [-0.15, -0.1) is 0 Å². The smallest absolute Gasteiger partial charge is 0.258 e. The van der Waals surface area contributed by atoms with Crippen molar-refractivity contribution in [2.75, 3.05) is 6.61 Å². The predicted molar refractivity (Wildman–Crippen MR) is 98.7 cm³/mol. The number of carbonyl (C=O) groups is 1. The van der Waals surface area contributed by atoms with Gasteiger partial charge < -0.3 is 14.8 Å². The van der Waals surface area contributed by atoms with Gasteiger partial charge in [0.1, 0.15) is 11.5 Å². The zero-order chi connectivity index (χ0) is 17.5. The average Bonchev–Trinajstić information content (AvgIpc) is 2.52. The van der Waals surface area contributed by atoms with E-state index in [1.807, 2.05) is 38.1 Å². The molecule has 0 unspecified atom stereocenters. The Morgan fingerprint density at radius 1 is 1.25 bits per heavy atom. The first-order chi connectivity index (χ1) is 11.4. The molecule has 24 heavy (non-hydrogen) atoms. The third kappa shape index (κ3) is 6.06. The molecular formula is C18H19BrClNO3. The number of amides is 1. The van der Waals surface area contributed by atoms with Crippen molar-refractivity contribution in [3.05, 3.63) is 57.5 Å². The number of ether oxygens (including phenoxy) is 2. The van der Waals surface area contributed by atoms with Crippen LogP contribution in [0.4, 0.5) is 0 Å². The Morgan fingerprint density at radius 3 is 2.75 bits per heavy atom. The second-order valence-corrected chi connectivity index (χ2v) is 6.78. The number of benzene rings is 2. The molecule has 0 radical (unpaired) electrons. The highest BCUT2D eigenvalue weighted by molar-refractivity contribution is 9.10. The minimum atomic E-state index is -0.218. The Balaban J connectivity index is 1.82. The fraction of sp³-hybridized carbons (Fsp3) is 0.278. The topological polar surface area (TPSA) is 47.6 Å². The zero-order valence-electron chi connectivity index (χ0n) is 13.5. The molecule has 0 heterocycles. The molecule has 0 aliphatic rings. The molecule has 4 nitrogen and oxygen atoms in total. The van der Waals surface area contributed by atoms with E-state index in [0.717, 1.165) is 15.8 Å². The van der Waals surface area contributed by atoms with E-state index >= 15 is 0 Å². The van der Waals surface area contributed by atoms with E-state index in [1.54, 1.807) is 18.2 Å². The number of halogens is 2. The molecular weight excluding hydrogens is 394 g/mol. The summed E-state index contributed by atoms with van der Waals surface area (Å²) < 4.78 is 11.9. The molecule has 0 saturated heterocycles. The van der Waals surface area contributed by atoms with Gasteiger partial charge in [-0.2, -0.15) is 0 Å². The van der Waals surface area contributed by atoms with Crippen molar-refractivity contribution >= 4 is 33.4 Å². The van der Waals surface area contributed by atoms with E-state index in [1.165, 1.54) is 0 Å². The van der Waals surface area contributed by atoms with Gasteiger partial charge in [-0.25, -0.2) is 0 Å². The van der Waals surface area contributed by atoms with E-state index in [2.05, 4.69) is 21.2 Å². The quantitative estimate of drug-likeness (QED) is 0.724. The highest BCUT2D eigenvalue weighted by Crippen LogP contribution is 2.27. The molecule has 6 heteroatoms. The summed E-state index contributed by atoms with van der Waals surface area (Å²) in [6.45, 7) is 4.26. The molecule has 0 bridgehead atoms. The number of carbonyl (C=O) groups excluding carboxylic acids is 1. The molecule has 2 aromatic carbocycles. The molecule has 128 valence electrons. The SMILES string of the molecule is CC(C)Oc1cccc(CNC(=O)COc2ccc(Br)cc2Cl)c1. The Bertz CT molecular complexity index is 706. The first-order valence-corrected chi connectivity index (χ1v) is 8.71. The normalized spacial score (nSPS) is 10.5. The molecule has 2 rings (SSSR count). The van der Waals surface area contributed by atoms with Crippen molar-refractivity contribution in [2.24, 2.45) is 0 Å². The van der Waals surface area contributed by atoms with Gasteiger partial charge in [0.2, 0.25) is 0 Å². The maximum absolute atomic E-state index is 11.9. The second-order valence-electron chi connectivity index (χ2n) is 5.45. The fourth-order valence-corrected chi connectivity index (χ4v) is 2.72. The second kappa shape index (κ2) is 8.94. The van der Waals surface area contributed by atoms with Crippen LogP contribution in [0.25, 0.3) is 0 Å². The summed E-state index contributed by atoms with van der Waals surface area (Å²) in [6.07, 6.45) is 0.110. The standard InChI is InChI=1S/C18H19BrClNO3/c1-12(2)24-15-5-3-4-13(8-15)10-21-18(22)11-23-17-7-6-14(19)9-16(17)20/h3-9,12H,10-11H2,1-2H3,(H,21,22). The van der Waals surface area contributed by atoms with E-state index < -0.39 is 0 Å². The summed E-state index contributed by atoms with van der Waals surface area (Å²) in [6, 6.07) is 12.9. The number of nitrogens with one attached hydrogen (secondary N) is 1. The van der Waals surface area contributed by atoms with Crippen LogP contribution in [0, 0.1) is 0 Å². The van der Waals surface area contributed by atoms with Gasteiger partial charge in [0.05, 0.1) is 11.1 Å². The highest BCUT2D eigenvalue weighted by Gasteiger charge is 2.07. The molecule has 0 fully saturated rings. The number of hydrogen-bond donors (Lipinski definition) is 1. The molecule has 2 aromatic rings. The van der Waals surface area contributed by atoms with Crippen LogP contribution in [0.1, 0.15) is 19.4 Å². The van der Waals surface area contributed by atoms with Gasteiger partial charge in [-0.1, -0.05) is 39.7 Å². The molecule has 1 N–H and O–H groups in total. The largest absolute Gasteiger partial charge is 0.491 e. The van der Waals surface area contributed by atoms with Crippen LogP contribution in [-0.2, 0) is 11.3 Å². The monoisotopic (exact) mass is 411 g/mol. The Hall–Kier alpha value is -1.72. The summed E-state index contributed by atoms with van der Waals surface area (Å²) >= 11 is 9.36. The minimum Gasteiger partial charge on any atom is -0.491 e. The third-order valence-electron chi connectivity index (χ3n) is 3.01. The lowest BCUT2D eigenvalue weighted by atomic mass is 10.2. The highest BCUT2D eigenvalue weighted by atomic mass is 79.9. The van der Waals surface area contributed by atoms with Crippen molar-refractivity contribution < 1.29 is 14.3 Å². The van der Waals surface area contributed by atoms with Crippen LogP contribution in [0.3, 0.4) is 0 Å². The van der Waals surface area contributed by atoms with Crippen LogP contribution in [0.15, 0.2) is 46.9 Å². The maximum Gasteiger partial charge on any atom is 0.258 e. The number of rotatable bonds is 7. The van der Waals surface area contributed by atoms with Crippen LogP contribution < -0.4 is 14.8 Å². The lowest BCUT2D eigenvalue weighted by Gasteiger charge is -2.12. The van der Waals surface area contributed by atoms with Gasteiger partial charge in [0.25, 0.3) is 5.91 Å². The molecule has 0 aliphatic heterocycles. The van der Waals surface area contributed by atoms with Gasteiger partial charge in [0, 0.05) is 11.0 Å². The first-order valence-electron chi connectivity index (χ1n) is 7.54. The molecule has 0 atom stereocenters. The minimum absolute atomic E-state index is 0.0937. The van der Waals surface area contributed by atoms with E-state index in [9.17, 15) is 4.79 Å². The van der Waals surface area contributed by atoms with Crippen molar-refractivity contribution in [3.63, 3.8) is 0 Å². The van der Waals surface area contributed by atoms with Crippen molar-refractivity contribution in [1.82, 2.24) is 5.32 Å². The van der Waals surface area contributed by atoms with Crippen molar-refractivity contribution in [3.8, 4) is 11.5 Å². The lowest BCUT2D eigenvalue weighted by Crippen LogP contribution is -2.28. The summed E-state index contributed by atoms with van der Waals surface area (Å²) in [4.78, 5) is 11.9. The van der Waals surface area contributed by atoms with Gasteiger partial charge in [0.15, 0.2) is 6.61 Å². The summed E-state index contributed by atoms with van der Waals surface area (Å²) in [5.74, 6) is 1.04. The number of hydrogen-bond acceptors (Lipinski definition) is 3. The van der Waals surface area contributed by atoms with Crippen LogP contribution in [0.2, 0.25) is 5.02 Å². The zero-order valence-corrected chi connectivity index (χ0v) is 15.9. The molecule has 0 saturated carbocycles. The van der Waals surface area contributed by atoms with Gasteiger partial charge in [-0.3, -0.25) is 4.79 Å². The maximum atomic E-state index is 11.9. The predicted octanol–water partition coefficient (Wildman–Crippen LogP) is 4.58.